The van der Waals surface area contributed by atoms with Crippen molar-refractivity contribution in [2.75, 3.05) is 20.2 Å². The highest BCUT2D eigenvalue weighted by Gasteiger charge is 2.44. The van der Waals surface area contributed by atoms with E-state index in [4.69, 9.17) is 9.47 Å². The molecule has 1 fully saturated rings. The van der Waals surface area contributed by atoms with Crippen molar-refractivity contribution < 1.29 is 19.1 Å². The molecule has 2 rings (SSSR count). The van der Waals surface area contributed by atoms with Crippen LogP contribution in [-0.2, 0) is 20.7 Å². The minimum Gasteiger partial charge on any atom is -0.469 e. The van der Waals surface area contributed by atoms with Crippen molar-refractivity contribution in [1.82, 2.24) is 9.88 Å². The Morgan fingerprint density at radius 1 is 1.27 bits per heavy atom. The van der Waals surface area contributed by atoms with E-state index in [1.807, 2.05) is 39.8 Å². The van der Waals surface area contributed by atoms with Gasteiger partial charge in [0.05, 0.1) is 18.2 Å². The van der Waals surface area contributed by atoms with Gasteiger partial charge < -0.3 is 14.4 Å². The Kier molecular flexibility index (Phi) is 6.32. The largest absolute Gasteiger partial charge is 0.469 e. The zero-order valence-corrected chi connectivity index (χ0v) is 17.7. The first-order valence-corrected chi connectivity index (χ1v) is 9.54. The molecule has 0 unspecified atom stereocenters. The van der Waals surface area contributed by atoms with E-state index in [0.29, 0.717) is 32.4 Å². The van der Waals surface area contributed by atoms with Crippen LogP contribution in [0.15, 0.2) is 16.6 Å². The number of carbonyl (C=O) groups is 2. The number of hydrogen-bond donors (Lipinski definition) is 0. The molecule has 0 atom stereocenters. The van der Waals surface area contributed by atoms with Gasteiger partial charge in [-0.25, -0.2) is 4.79 Å². The molecule has 0 aliphatic carbocycles. The lowest BCUT2D eigenvalue weighted by Gasteiger charge is -2.40. The number of likely N-dealkylation sites (tertiary alicyclic amines) is 1. The van der Waals surface area contributed by atoms with Crippen molar-refractivity contribution in [1.29, 1.82) is 0 Å². The summed E-state index contributed by atoms with van der Waals surface area (Å²) in [6.07, 6.45) is 1.16. The molecule has 2 heterocycles. The molecule has 1 aromatic heterocycles. The maximum atomic E-state index is 12.6. The third-order valence-corrected chi connectivity index (χ3v) is 5.28. The zero-order valence-electron chi connectivity index (χ0n) is 16.1. The summed E-state index contributed by atoms with van der Waals surface area (Å²) in [5.74, 6) is -0.253. The fraction of sp³-hybridized carbons (Fsp3) is 0.632. The molecule has 0 spiro atoms. The minimum absolute atomic E-state index is 0.253. The van der Waals surface area contributed by atoms with Gasteiger partial charge in [-0.15, -0.1) is 0 Å². The molecular weight excluding hydrogens is 400 g/mol. The quantitative estimate of drug-likeness (QED) is 0.685. The maximum Gasteiger partial charge on any atom is 0.410 e. The lowest BCUT2D eigenvalue weighted by atomic mass is 9.74. The molecule has 0 aromatic carbocycles. The summed E-state index contributed by atoms with van der Waals surface area (Å²) in [6, 6.07) is 3.86. The molecule has 1 amide bonds. The Hall–Kier alpha value is -1.63. The molecule has 7 heteroatoms. The van der Waals surface area contributed by atoms with Gasteiger partial charge in [0, 0.05) is 29.7 Å². The molecule has 0 bridgehead atoms. The van der Waals surface area contributed by atoms with Crippen molar-refractivity contribution >= 4 is 28.0 Å². The fourth-order valence-corrected chi connectivity index (χ4v) is 3.51. The SMILES string of the molecule is COC(=O)C1(Cc2nc(C)ccc2Br)CCN(C(=O)OC(C)(C)C)CC1. The van der Waals surface area contributed by atoms with Crippen molar-refractivity contribution in [2.45, 2.75) is 52.6 Å². The lowest BCUT2D eigenvalue weighted by Crippen LogP contribution is -2.49. The topological polar surface area (TPSA) is 68.7 Å². The summed E-state index contributed by atoms with van der Waals surface area (Å²) in [4.78, 5) is 31.1. The summed E-state index contributed by atoms with van der Waals surface area (Å²) in [5.41, 5.74) is 0.511. The van der Waals surface area contributed by atoms with Crippen LogP contribution in [0.4, 0.5) is 4.79 Å². The Bertz CT molecular complexity index is 677. The number of aromatic nitrogens is 1. The molecule has 26 heavy (non-hydrogen) atoms. The van der Waals surface area contributed by atoms with Crippen molar-refractivity contribution in [3.8, 4) is 0 Å². The number of hydrogen-bond acceptors (Lipinski definition) is 5. The number of esters is 1. The van der Waals surface area contributed by atoms with Gasteiger partial charge in [-0.1, -0.05) is 0 Å². The van der Waals surface area contributed by atoms with Gasteiger partial charge >= 0.3 is 12.1 Å². The maximum absolute atomic E-state index is 12.6. The number of rotatable bonds is 3. The molecule has 0 radical (unpaired) electrons. The first-order chi connectivity index (χ1) is 12.1. The van der Waals surface area contributed by atoms with E-state index < -0.39 is 11.0 Å². The molecule has 0 N–H and O–H groups in total. The molecule has 1 aliphatic heterocycles. The Balaban J connectivity index is 2.16. The monoisotopic (exact) mass is 426 g/mol. The smallest absolute Gasteiger partial charge is 0.410 e. The van der Waals surface area contributed by atoms with Crippen molar-refractivity contribution in [2.24, 2.45) is 5.41 Å². The van der Waals surface area contributed by atoms with E-state index in [2.05, 4.69) is 20.9 Å². The van der Waals surface area contributed by atoms with Crippen LogP contribution >= 0.6 is 15.9 Å². The Labute approximate surface area is 163 Å². The highest BCUT2D eigenvalue weighted by Crippen LogP contribution is 2.38. The molecule has 6 nitrogen and oxygen atoms in total. The minimum atomic E-state index is -0.684. The number of piperidine rings is 1. The number of ether oxygens (including phenoxy) is 2. The third kappa shape index (κ3) is 4.96. The van der Waals surface area contributed by atoms with E-state index in [9.17, 15) is 9.59 Å². The van der Waals surface area contributed by atoms with Crippen LogP contribution < -0.4 is 0 Å². The second-order valence-corrected chi connectivity index (χ2v) is 8.65. The third-order valence-electron chi connectivity index (χ3n) is 4.55. The Morgan fingerprint density at radius 3 is 2.42 bits per heavy atom. The number of amides is 1. The van der Waals surface area contributed by atoms with E-state index in [-0.39, 0.29) is 12.1 Å². The summed E-state index contributed by atoms with van der Waals surface area (Å²) in [5, 5.41) is 0. The average Bonchev–Trinajstić information content (AvgIpc) is 2.56. The standard InChI is InChI=1S/C19H27BrN2O4/c1-13-6-7-14(20)15(21-13)12-19(16(23)25-5)8-10-22(11-9-19)17(24)26-18(2,3)4/h6-7H,8-12H2,1-5H3. The fourth-order valence-electron chi connectivity index (χ4n) is 3.15. The molecule has 1 saturated heterocycles. The number of halogens is 1. The number of aryl methyl sites for hydroxylation is 1. The van der Waals surface area contributed by atoms with Gasteiger partial charge in [-0.2, -0.15) is 0 Å². The van der Waals surface area contributed by atoms with E-state index >= 15 is 0 Å². The summed E-state index contributed by atoms with van der Waals surface area (Å²) in [7, 11) is 1.41. The lowest BCUT2D eigenvalue weighted by molar-refractivity contribution is -0.156. The first-order valence-electron chi connectivity index (χ1n) is 8.75. The molecule has 1 aromatic rings. The van der Waals surface area contributed by atoms with Crippen LogP contribution in [0.5, 0.6) is 0 Å². The van der Waals surface area contributed by atoms with Gasteiger partial charge in [0.25, 0.3) is 0 Å². The van der Waals surface area contributed by atoms with Crippen LogP contribution in [0.3, 0.4) is 0 Å². The van der Waals surface area contributed by atoms with Crippen LogP contribution in [-0.4, -0.2) is 47.7 Å². The van der Waals surface area contributed by atoms with Gasteiger partial charge in [-0.05, 0) is 68.6 Å². The summed E-state index contributed by atoms with van der Waals surface area (Å²) >= 11 is 3.52. The van der Waals surface area contributed by atoms with E-state index in [1.54, 1.807) is 4.90 Å². The second-order valence-electron chi connectivity index (χ2n) is 7.80. The normalized spacial score (nSPS) is 16.9. The van der Waals surface area contributed by atoms with Gasteiger partial charge in [-0.3, -0.25) is 9.78 Å². The van der Waals surface area contributed by atoms with E-state index in [1.165, 1.54) is 7.11 Å². The van der Waals surface area contributed by atoms with Gasteiger partial charge in [0.2, 0.25) is 0 Å². The predicted octanol–water partition coefficient (Wildman–Crippen LogP) is 3.89. The molecule has 0 saturated carbocycles. The van der Waals surface area contributed by atoms with Crippen molar-refractivity contribution in [3.63, 3.8) is 0 Å². The zero-order chi connectivity index (χ0) is 19.5. The van der Waals surface area contributed by atoms with Crippen LogP contribution in [0.25, 0.3) is 0 Å². The highest BCUT2D eigenvalue weighted by atomic mass is 79.9. The number of pyridine rings is 1. The molecular formula is C19H27BrN2O4. The molecule has 144 valence electrons. The molecule has 1 aliphatic rings. The van der Waals surface area contributed by atoms with Gasteiger partial charge in [0.15, 0.2) is 0 Å². The van der Waals surface area contributed by atoms with E-state index in [0.717, 1.165) is 15.9 Å². The van der Waals surface area contributed by atoms with Crippen LogP contribution in [0, 0.1) is 12.3 Å². The number of carbonyl (C=O) groups excluding carboxylic acids is 2. The first kappa shape index (κ1) is 20.7. The Morgan fingerprint density at radius 2 is 1.88 bits per heavy atom. The highest BCUT2D eigenvalue weighted by molar-refractivity contribution is 9.10. The second kappa shape index (κ2) is 7.94. The average molecular weight is 427 g/mol. The predicted molar refractivity (Wildman–Crippen MR) is 102 cm³/mol. The van der Waals surface area contributed by atoms with Gasteiger partial charge in [0.1, 0.15) is 5.60 Å². The number of nitrogens with zero attached hydrogens (tertiary/aromatic N) is 2. The number of methoxy groups -OCH3 is 1. The van der Waals surface area contributed by atoms with Crippen LogP contribution in [0.2, 0.25) is 0 Å². The van der Waals surface area contributed by atoms with Crippen LogP contribution in [0.1, 0.15) is 45.0 Å². The summed E-state index contributed by atoms with van der Waals surface area (Å²) < 4.78 is 11.4. The van der Waals surface area contributed by atoms with Crippen molar-refractivity contribution in [3.05, 3.63) is 28.0 Å². The summed E-state index contributed by atoms with van der Waals surface area (Å²) in [6.45, 7) is 8.35.